The van der Waals surface area contributed by atoms with Crippen molar-refractivity contribution in [3.63, 3.8) is 0 Å². The number of fused-ring (bicyclic) bond motifs is 1. The van der Waals surface area contributed by atoms with Crippen molar-refractivity contribution in [1.82, 2.24) is 5.32 Å². The molecule has 0 spiro atoms. The van der Waals surface area contributed by atoms with Crippen LogP contribution >= 0.6 is 11.6 Å². The molecule has 1 atom stereocenters. The highest BCUT2D eigenvalue weighted by atomic mass is 35.5. The molecule has 0 saturated heterocycles. The summed E-state index contributed by atoms with van der Waals surface area (Å²) in [6.45, 7) is 14.5. The Labute approximate surface area is 141 Å². The molecule has 0 radical (unpaired) electrons. The summed E-state index contributed by atoms with van der Waals surface area (Å²) in [4.78, 5) is 2.55. The Balaban J connectivity index is 2.37. The quantitative estimate of drug-likeness (QED) is 0.711. The molecule has 0 aromatic heterocycles. The van der Waals surface area contributed by atoms with Gasteiger partial charge in [0.1, 0.15) is 0 Å². The minimum absolute atomic E-state index is 0.202. The minimum atomic E-state index is 0.202. The van der Waals surface area contributed by atoms with Gasteiger partial charge in [-0.1, -0.05) is 38.4 Å². The maximum absolute atomic E-state index is 6.58. The van der Waals surface area contributed by atoms with Gasteiger partial charge in [0.15, 0.2) is 0 Å². The van der Waals surface area contributed by atoms with E-state index in [1.165, 1.54) is 23.2 Å². The summed E-state index contributed by atoms with van der Waals surface area (Å²) in [5.41, 5.74) is 4.24. The molecule has 3 heteroatoms. The van der Waals surface area contributed by atoms with E-state index in [4.69, 9.17) is 11.6 Å². The lowest BCUT2D eigenvalue weighted by Gasteiger charge is -2.48. The Hall–Kier alpha value is -0.730. The van der Waals surface area contributed by atoms with Crippen molar-refractivity contribution in [3.05, 3.63) is 28.3 Å². The van der Waals surface area contributed by atoms with Gasteiger partial charge in [-0.05, 0) is 62.8 Å². The summed E-state index contributed by atoms with van der Waals surface area (Å²) in [6.07, 6.45) is 3.51. The van der Waals surface area contributed by atoms with Crippen molar-refractivity contribution >= 4 is 17.3 Å². The Bertz CT molecular complexity index is 510. The number of hydrogen-bond donors (Lipinski definition) is 1. The summed E-state index contributed by atoms with van der Waals surface area (Å²) in [5, 5.41) is 4.37. The fraction of sp³-hybridized carbons (Fsp3) is 0.684. The van der Waals surface area contributed by atoms with Gasteiger partial charge in [0, 0.05) is 29.3 Å². The van der Waals surface area contributed by atoms with E-state index in [-0.39, 0.29) is 5.54 Å². The van der Waals surface area contributed by atoms with Gasteiger partial charge in [0.2, 0.25) is 0 Å². The van der Waals surface area contributed by atoms with Crippen LogP contribution in [0.4, 0.5) is 5.69 Å². The third kappa shape index (κ3) is 3.60. The Morgan fingerprint density at radius 2 is 2.00 bits per heavy atom. The number of benzene rings is 1. The van der Waals surface area contributed by atoms with Crippen molar-refractivity contribution in [2.75, 3.05) is 18.0 Å². The third-order valence-corrected chi connectivity index (χ3v) is 5.10. The lowest BCUT2D eigenvalue weighted by molar-refractivity contribution is 0.376. The van der Waals surface area contributed by atoms with Crippen LogP contribution in [-0.4, -0.2) is 18.6 Å². The van der Waals surface area contributed by atoms with E-state index in [0.29, 0.717) is 5.92 Å². The van der Waals surface area contributed by atoms with Crippen LogP contribution in [0.25, 0.3) is 0 Å². The van der Waals surface area contributed by atoms with Crippen LogP contribution in [0.3, 0.4) is 0 Å². The van der Waals surface area contributed by atoms with Gasteiger partial charge in [-0.3, -0.25) is 0 Å². The lowest BCUT2D eigenvalue weighted by Crippen LogP contribution is -2.48. The van der Waals surface area contributed by atoms with Gasteiger partial charge >= 0.3 is 0 Å². The summed E-state index contributed by atoms with van der Waals surface area (Å²) in [7, 11) is 0. The van der Waals surface area contributed by atoms with E-state index >= 15 is 0 Å². The fourth-order valence-electron chi connectivity index (χ4n) is 3.73. The van der Waals surface area contributed by atoms with E-state index in [1.807, 2.05) is 0 Å². The molecule has 1 N–H and O–H groups in total. The average Bonchev–Trinajstić information content (AvgIpc) is 2.44. The maximum Gasteiger partial charge on any atom is 0.0471 e. The van der Waals surface area contributed by atoms with Crippen molar-refractivity contribution in [2.45, 2.75) is 71.9 Å². The second kappa shape index (κ2) is 7.23. The molecule has 0 saturated carbocycles. The number of halogens is 1. The average molecular weight is 323 g/mol. The van der Waals surface area contributed by atoms with Gasteiger partial charge in [-0.25, -0.2) is 0 Å². The zero-order valence-electron chi connectivity index (χ0n) is 14.8. The predicted octanol–water partition coefficient (Wildman–Crippen LogP) is 5.34. The van der Waals surface area contributed by atoms with Gasteiger partial charge < -0.3 is 10.2 Å². The second-order valence-electron chi connectivity index (χ2n) is 7.25. The normalized spacial score (nSPS) is 20.1. The van der Waals surface area contributed by atoms with Crippen LogP contribution in [-0.2, 0) is 6.54 Å². The largest absolute Gasteiger partial charge is 0.366 e. The molecule has 1 heterocycles. The summed E-state index contributed by atoms with van der Waals surface area (Å²) in [6, 6.07) is 4.54. The molecule has 2 rings (SSSR count). The van der Waals surface area contributed by atoms with Crippen LogP contribution in [0.5, 0.6) is 0 Å². The predicted molar refractivity (Wildman–Crippen MR) is 98.2 cm³/mol. The minimum Gasteiger partial charge on any atom is -0.366 e. The number of rotatable bonds is 6. The second-order valence-corrected chi connectivity index (χ2v) is 7.66. The van der Waals surface area contributed by atoms with Crippen LogP contribution in [0.15, 0.2) is 12.1 Å². The van der Waals surface area contributed by atoms with Gasteiger partial charge in [0.05, 0.1) is 0 Å². The van der Waals surface area contributed by atoms with Crippen LogP contribution in [0.1, 0.15) is 70.9 Å². The molecule has 1 aromatic carbocycles. The first-order valence-electron chi connectivity index (χ1n) is 8.71. The third-order valence-electron chi connectivity index (χ3n) is 4.74. The first kappa shape index (κ1) is 17.6. The van der Waals surface area contributed by atoms with Crippen molar-refractivity contribution in [1.29, 1.82) is 0 Å². The Morgan fingerprint density at radius 3 is 2.64 bits per heavy atom. The van der Waals surface area contributed by atoms with E-state index in [0.717, 1.165) is 37.5 Å². The zero-order chi connectivity index (χ0) is 16.3. The molecule has 0 unspecified atom stereocenters. The molecule has 0 fully saturated rings. The van der Waals surface area contributed by atoms with Crippen molar-refractivity contribution in [3.8, 4) is 0 Å². The standard InChI is InChI=1S/C19H31ClN2/c1-6-8-21-13-15-10-16-14(3)12-19(4,5)22(9-7-2)18(16)11-17(15)20/h10-11,14,21H,6-9,12-13H2,1-5H3/t14-/m0/s1. The van der Waals surface area contributed by atoms with Crippen LogP contribution < -0.4 is 10.2 Å². The molecular weight excluding hydrogens is 292 g/mol. The SMILES string of the molecule is CCCNCc1cc2c(cc1Cl)N(CCC)C(C)(C)C[C@@H]2C. The Morgan fingerprint density at radius 1 is 1.27 bits per heavy atom. The molecule has 2 nitrogen and oxygen atoms in total. The van der Waals surface area contributed by atoms with E-state index < -0.39 is 0 Å². The van der Waals surface area contributed by atoms with E-state index in [9.17, 15) is 0 Å². The fourth-order valence-corrected chi connectivity index (χ4v) is 3.96. The van der Waals surface area contributed by atoms with Crippen molar-refractivity contribution < 1.29 is 0 Å². The van der Waals surface area contributed by atoms with Crippen LogP contribution in [0.2, 0.25) is 5.02 Å². The van der Waals surface area contributed by atoms with Gasteiger partial charge in [-0.15, -0.1) is 0 Å². The highest BCUT2D eigenvalue weighted by molar-refractivity contribution is 6.31. The smallest absolute Gasteiger partial charge is 0.0471 e. The van der Waals surface area contributed by atoms with E-state index in [1.54, 1.807) is 0 Å². The summed E-state index contributed by atoms with van der Waals surface area (Å²) < 4.78 is 0. The summed E-state index contributed by atoms with van der Waals surface area (Å²) >= 11 is 6.58. The maximum atomic E-state index is 6.58. The van der Waals surface area contributed by atoms with E-state index in [2.05, 4.69) is 57.0 Å². The first-order valence-corrected chi connectivity index (χ1v) is 9.09. The topological polar surface area (TPSA) is 15.3 Å². The molecule has 0 aliphatic carbocycles. The number of anilines is 1. The molecule has 0 bridgehead atoms. The zero-order valence-corrected chi connectivity index (χ0v) is 15.6. The summed E-state index contributed by atoms with van der Waals surface area (Å²) in [5.74, 6) is 0.584. The monoisotopic (exact) mass is 322 g/mol. The van der Waals surface area contributed by atoms with Crippen molar-refractivity contribution in [2.24, 2.45) is 0 Å². The number of nitrogens with one attached hydrogen (secondary N) is 1. The van der Waals surface area contributed by atoms with Gasteiger partial charge in [0.25, 0.3) is 0 Å². The first-order chi connectivity index (χ1) is 10.4. The number of hydrogen-bond acceptors (Lipinski definition) is 2. The molecule has 1 aromatic rings. The molecule has 22 heavy (non-hydrogen) atoms. The molecular formula is C19H31ClN2. The molecule has 1 aliphatic rings. The Kier molecular flexibility index (Phi) is 5.79. The molecule has 1 aliphatic heterocycles. The highest BCUT2D eigenvalue weighted by Gasteiger charge is 2.36. The molecule has 0 amide bonds. The molecule has 124 valence electrons. The van der Waals surface area contributed by atoms with Gasteiger partial charge in [-0.2, -0.15) is 0 Å². The van der Waals surface area contributed by atoms with Crippen LogP contribution in [0, 0.1) is 0 Å². The lowest BCUT2D eigenvalue weighted by atomic mass is 9.79. The highest BCUT2D eigenvalue weighted by Crippen LogP contribution is 2.45. The number of nitrogens with zero attached hydrogens (tertiary/aromatic N) is 1.